The predicted octanol–water partition coefficient (Wildman–Crippen LogP) is 3.83. The molecule has 0 radical (unpaired) electrons. The molecule has 0 saturated heterocycles. The second-order valence-electron chi connectivity index (χ2n) is 6.32. The highest BCUT2D eigenvalue weighted by Gasteiger charge is 2.28. The van der Waals surface area contributed by atoms with Crippen molar-refractivity contribution in [3.63, 3.8) is 0 Å². The molecule has 2 aromatic rings. The van der Waals surface area contributed by atoms with Crippen LogP contribution in [0.4, 0.5) is 5.00 Å². The van der Waals surface area contributed by atoms with Gasteiger partial charge >= 0.3 is 5.97 Å². The van der Waals surface area contributed by atoms with Crippen LogP contribution in [0.15, 0.2) is 6.20 Å². The van der Waals surface area contributed by atoms with E-state index in [0.717, 1.165) is 36.1 Å². The van der Waals surface area contributed by atoms with Crippen LogP contribution in [-0.2, 0) is 24.6 Å². The molecule has 25 heavy (non-hydrogen) atoms. The summed E-state index contributed by atoms with van der Waals surface area (Å²) in [5, 5.41) is 7.67. The van der Waals surface area contributed by atoms with E-state index in [2.05, 4.69) is 10.4 Å². The fraction of sp³-hybridized carbons (Fsp3) is 0.471. The number of anilines is 1. The molecule has 0 bridgehead atoms. The Labute approximate surface area is 155 Å². The number of thiophene rings is 1. The van der Waals surface area contributed by atoms with E-state index >= 15 is 0 Å². The fourth-order valence-electron chi connectivity index (χ4n) is 2.92. The van der Waals surface area contributed by atoms with Crippen molar-refractivity contribution in [1.82, 2.24) is 9.78 Å². The SMILES string of the molecule is CC(C)OC(=O)c1c(NC(=O)c2nn(C)cc2Cl)sc2c1CCCC2. The number of carbonyl (C=O) groups excluding carboxylic acids is 2. The van der Waals surface area contributed by atoms with E-state index in [1.165, 1.54) is 16.0 Å². The van der Waals surface area contributed by atoms with Gasteiger partial charge in [0, 0.05) is 18.1 Å². The van der Waals surface area contributed by atoms with E-state index in [1.807, 2.05) is 13.8 Å². The van der Waals surface area contributed by atoms with Crippen molar-refractivity contribution in [1.29, 1.82) is 0 Å². The van der Waals surface area contributed by atoms with Gasteiger partial charge in [0.05, 0.1) is 16.7 Å². The molecule has 0 spiro atoms. The maximum Gasteiger partial charge on any atom is 0.341 e. The molecule has 2 heterocycles. The lowest BCUT2D eigenvalue weighted by atomic mass is 9.95. The molecule has 0 unspecified atom stereocenters. The van der Waals surface area contributed by atoms with Crippen LogP contribution in [-0.4, -0.2) is 27.8 Å². The molecule has 0 atom stereocenters. The summed E-state index contributed by atoms with van der Waals surface area (Å²) in [6, 6.07) is 0. The average molecular weight is 382 g/mol. The number of aryl methyl sites for hydroxylation is 2. The number of amides is 1. The molecule has 1 N–H and O–H groups in total. The van der Waals surface area contributed by atoms with Crippen LogP contribution in [0.3, 0.4) is 0 Å². The summed E-state index contributed by atoms with van der Waals surface area (Å²) in [6.45, 7) is 3.62. The second kappa shape index (κ2) is 7.17. The van der Waals surface area contributed by atoms with Crippen molar-refractivity contribution in [2.75, 3.05) is 5.32 Å². The molecule has 8 heteroatoms. The van der Waals surface area contributed by atoms with E-state index in [1.54, 1.807) is 13.2 Å². The smallest absolute Gasteiger partial charge is 0.341 e. The summed E-state index contributed by atoms with van der Waals surface area (Å²) < 4.78 is 6.86. The number of fused-ring (bicyclic) bond motifs is 1. The zero-order chi connectivity index (χ0) is 18.1. The molecule has 134 valence electrons. The molecule has 1 amide bonds. The van der Waals surface area contributed by atoms with Gasteiger partial charge in [-0.15, -0.1) is 11.3 Å². The molecule has 1 aliphatic rings. The molecule has 0 fully saturated rings. The third-order valence-electron chi connectivity index (χ3n) is 3.94. The van der Waals surface area contributed by atoms with Crippen molar-refractivity contribution in [3.05, 3.63) is 32.9 Å². The maximum atomic E-state index is 12.6. The highest BCUT2D eigenvalue weighted by molar-refractivity contribution is 7.17. The van der Waals surface area contributed by atoms with Gasteiger partial charge in [-0.25, -0.2) is 4.79 Å². The highest BCUT2D eigenvalue weighted by atomic mass is 35.5. The number of rotatable bonds is 4. The van der Waals surface area contributed by atoms with Crippen LogP contribution in [0.1, 0.15) is 58.0 Å². The zero-order valence-electron chi connectivity index (χ0n) is 14.4. The summed E-state index contributed by atoms with van der Waals surface area (Å²) in [5.41, 5.74) is 1.62. The molecule has 0 saturated carbocycles. The number of ether oxygens (including phenoxy) is 1. The van der Waals surface area contributed by atoms with Crippen molar-refractivity contribution >= 4 is 39.8 Å². The number of esters is 1. The molecular weight excluding hydrogens is 362 g/mol. The van der Waals surface area contributed by atoms with Gasteiger partial charge in [0.1, 0.15) is 5.00 Å². The van der Waals surface area contributed by atoms with Crippen LogP contribution < -0.4 is 5.32 Å². The molecule has 3 rings (SSSR count). The Kier molecular flexibility index (Phi) is 5.15. The van der Waals surface area contributed by atoms with Crippen LogP contribution in [0.5, 0.6) is 0 Å². The molecule has 1 aliphatic carbocycles. The summed E-state index contributed by atoms with van der Waals surface area (Å²) >= 11 is 7.49. The summed E-state index contributed by atoms with van der Waals surface area (Å²) in [5.74, 6) is -0.820. The lowest BCUT2D eigenvalue weighted by molar-refractivity contribution is 0.0378. The van der Waals surface area contributed by atoms with Crippen molar-refractivity contribution in [2.45, 2.75) is 45.6 Å². The Balaban J connectivity index is 1.95. The highest BCUT2D eigenvalue weighted by Crippen LogP contribution is 2.39. The number of carbonyl (C=O) groups is 2. The van der Waals surface area contributed by atoms with Gasteiger partial charge in [-0.2, -0.15) is 5.10 Å². The number of hydrogen-bond donors (Lipinski definition) is 1. The zero-order valence-corrected chi connectivity index (χ0v) is 16.0. The third kappa shape index (κ3) is 3.72. The maximum absolute atomic E-state index is 12.6. The number of halogens is 1. The number of nitrogens with zero attached hydrogens (tertiary/aromatic N) is 2. The van der Waals surface area contributed by atoms with Crippen LogP contribution in [0, 0.1) is 0 Å². The second-order valence-corrected chi connectivity index (χ2v) is 7.83. The average Bonchev–Trinajstić information content (AvgIpc) is 3.05. The summed E-state index contributed by atoms with van der Waals surface area (Å²) in [4.78, 5) is 26.3. The Bertz CT molecular complexity index is 825. The Morgan fingerprint density at radius 3 is 2.72 bits per heavy atom. The monoisotopic (exact) mass is 381 g/mol. The number of nitrogens with one attached hydrogen (secondary N) is 1. The van der Waals surface area contributed by atoms with Crippen LogP contribution in [0.25, 0.3) is 0 Å². The topological polar surface area (TPSA) is 73.2 Å². The Morgan fingerprint density at radius 2 is 2.08 bits per heavy atom. The van der Waals surface area contributed by atoms with E-state index < -0.39 is 11.9 Å². The minimum atomic E-state index is -0.428. The van der Waals surface area contributed by atoms with Gasteiger partial charge in [0.2, 0.25) is 0 Å². The third-order valence-corrected chi connectivity index (χ3v) is 5.43. The van der Waals surface area contributed by atoms with E-state index in [-0.39, 0.29) is 16.8 Å². The summed E-state index contributed by atoms with van der Waals surface area (Å²) in [6.07, 6.45) is 5.21. The van der Waals surface area contributed by atoms with Crippen molar-refractivity contribution in [2.24, 2.45) is 7.05 Å². The number of aromatic nitrogens is 2. The molecular formula is C17H20ClN3O3S. The van der Waals surface area contributed by atoms with Gasteiger partial charge in [-0.1, -0.05) is 11.6 Å². The Hall–Kier alpha value is -1.86. The van der Waals surface area contributed by atoms with E-state index in [4.69, 9.17) is 16.3 Å². The van der Waals surface area contributed by atoms with Gasteiger partial charge in [0.15, 0.2) is 5.69 Å². The standard InChI is InChI=1S/C17H20ClN3O3S/c1-9(2)24-17(23)13-10-6-4-5-7-12(10)25-16(13)19-15(22)14-11(18)8-21(3)20-14/h8-9H,4-7H2,1-3H3,(H,19,22). The fourth-order valence-corrected chi connectivity index (χ4v) is 4.46. The minimum Gasteiger partial charge on any atom is -0.459 e. The Morgan fingerprint density at radius 1 is 1.36 bits per heavy atom. The predicted molar refractivity (Wildman–Crippen MR) is 97.7 cm³/mol. The first-order valence-corrected chi connectivity index (χ1v) is 9.42. The quantitative estimate of drug-likeness (QED) is 0.817. The van der Waals surface area contributed by atoms with Gasteiger partial charge in [-0.3, -0.25) is 9.48 Å². The van der Waals surface area contributed by atoms with Crippen LogP contribution >= 0.6 is 22.9 Å². The molecule has 6 nitrogen and oxygen atoms in total. The first-order chi connectivity index (χ1) is 11.9. The van der Waals surface area contributed by atoms with Crippen molar-refractivity contribution in [3.8, 4) is 0 Å². The lowest BCUT2D eigenvalue weighted by Crippen LogP contribution is -2.18. The number of hydrogen-bond acceptors (Lipinski definition) is 5. The van der Waals surface area contributed by atoms with Crippen molar-refractivity contribution < 1.29 is 14.3 Å². The largest absolute Gasteiger partial charge is 0.459 e. The van der Waals surface area contributed by atoms with E-state index in [0.29, 0.717) is 10.6 Å². The van der Waals surface area contributed by atoms with Gasteiger partial charge < -0.3 is 10.1 Å². The van der Waals surface area contributed by atoms with Gasteiger partial charge in [-0.05, 0) is 45.1 Å². The summed E-state index contributed by atoms with van der Waals surface area (Å²) in [7, 11) is 1.69. The first-order valence-electron chi connectivity index (χ1n) is 8.22. The molecule has 0 aromatic carbocycles. The van der Waals surface area contributed by atoms with Gasteiger partial charge in [0.25, 0.3) is 5.91 Å². The normalized spacial score (nSPS) is 13.6. The molecule has 2 aromatic heterocycles. The lowest BCUT2D eigenvalue weighted by Gasteiger charge is -2.14. The van der Waals surface area contributed by atoms with Crippen LogP contribution in [0.2, 0.25) is 5.02 Å². The minimum absolute atomic E-state index is 0.138. The first kappa shape index (κ1) is 17.9. The molecule has 0 aliphatic heterocycles. The van der Waals surface area contributed by atoms with E-state index in [9.17, 15) is 9.59 Å².